The van der Waals surface area contributed by atoms with Crippen LogP contribution >= 0.6 is 0 Å². The first-order valence-corrected chi connectivity index (χ1v) is 8.87. The SMILES string of the molecule is CNC(=O)NC(=O)[C@H](C)OC(=O)[C@H](CC(C)C)N1C(=O)c2ccccc2C1=O. The lowest BCUT2D eigenvalue weighted by Gasteiger charge is -2.27. The van der Waals surface area contributed by atoms with Crippen molar-refractivity contribution in [3.8, 4) is 0 Å². The van der Waals surface area contributed by atoms with Gasteiger partial charge < -0.3 is 10.1 Å². The van der Waals surface area contributed by atoms with Crippen molar-refractivity contribution < 1.29 is 28.7 Å². The molecule has 0 aliphatic carbocycles. The summed E-state index contributed by atoms with van der Waals surface area (Å²) >= 11 is 0. The highest BCUT2D eigenvalue weighted by molar-refractivity contribution is 6.22. The van der Waals surface area contributed by atoms with Gasteiger partial charge in [-0.3, -0.25) is 24.6 Å². The molecule has 1 heterocycles. The quantitative estimate of drug-likeness (QED) is 0.555. The van der Waals surface area contributed by atoms with Gasteiger partial charge in [-0.05, 0) is 31.4 Å². The van der Waals surface area contributed by atoms with Crippen LogP contribution < -0.4 is 10.6 Å². The van der Waals surface area contributed by atoms with E-state index >= 15 is 0 Å². The number of carbonyl (C=O) groups excluding carboxylic acids is 5. The van der Waals surface area contributed by atoms with Crippen LogP contribution in [0.2, 0.25) is 0 Å². The molecule has 1 aliphatic heterocycles. The van der Waals surface area contributed by atoms with Crippen LogP contribution in [0.25, 0.3) is 0 Å². The molecule has 9 nitrogen and oxygen atoms in total. The molecule has 0 saturated heterocycles. The molecular formula is C19H23N3O6. The van der Waals surface area contributed by atoms with Crippen LogP contribution in [0.1, 0.15) is 47.9 Å². The number of nitrogens with one attached hydrogen (secondary N) is 2. The van der Waals surface area contributed by atoms with Gasteiger partial charge in [0.05, 0.1) is 11.1 Å². The molecule has 1 aliphatic rings. The monoisotopic (exact) mass is 389 g/mol. The van der Waals surface area contributed by atoms with Crippen LogP contribution in [-0.2, 0) is 14.3 Å². The summed E-state index contributed by atoms with van der Waals surface area (Å²) in [6.07, 6.45) is -1.11. The smallest absolute Gasteiger partial charge is 0.330 e. The molecule has 9 heteroatoms. The van der Waals surface area contributed by atoms with Gasteiger partial charge in [-0.1, -0.05) is 26.0 Å². The van der Waals surface area contributed by atoms with Crippen LogP contribution in [-0.4, -0.2) is 53.8 Å². The number of nitrogens with zero attached hydrogens (tertiary/aromatic N) is 1. The molecule has 28 heavy (non-hydrogen) atoms. The molecule has 2 atom stereocenters. The van der Waals surface area contributed by atoms with E-state index in [1.807, 2.05) is 19.2 Å². The maximum absolute atomic E-state index is 12.7. The van der Waals surface area contributed by atoms with E-state index in [4.69, 9.17) is 4.74 Å². The van der Waals surface area contributed by atoms with E-state index in [1.165, 1.54) is 26.1 Å². The molecule has 0 spiro atoms. The van der Waals surface area contributed by atoms with Crippen molar-refractivity contribution >= 4 is 29.7 Å². The molecule has 0 radical (unpaired) electrons. The number of imide groups is 2. The zero-order valence-corrected chi connectivity index (χ0v) is 16.1. The van der Waals surface area contributed by atoms with Crippen LogP contribution in [0.4, 0.5) is 4.79 Å². The zero-order valence-electron chi connectivity index (χ0n) is 16.1. The van der Waals surface area contributed by atoms with Crippen molar-refractivity contribution in [3.63, 3.8) is 0 Å². The molecule has 1 aromatic rings. The summed E-state index contributed by atoms with van der Waals surface area (Å²) in [6, 6.07) is 4.39. The van der Waals surface area contributed by atoms with Gasteiger partial charge in [-0.2, -0.15) is 0 Å². The Hall–Kier alpha value is -3.23. The lowest BCUT2D eigenvalue weighted by Crippen LogP contribution is -2.49. The fourth-order valence-electron chi connectivity index (χ4n) is 2.83. The molecular weight excluding hydrogens is 366 g/mol. The van der Waals surface area contributed by atoms with E-state index < -0.39 is 41.9 Å². The molecule has 0 unspecified atom stereocenters. The second kappa shape index (κ2) is 8.64. The Morgan fingerprint density at radius 1 is 1.04 bits per heavy atom. The first-order valence-electron chi connectivity index (χ1n) is 8.87. The number of benzene rings is 1. The zero-order chi connectivity index (χ0) is 21.0. The standard InChI is InChI=1S/C19H23N3O6/c1-10(2)9-14(18(26)28-11(3)15(23)21-19(27)20-4)22-16(24)12-7-5-6-8-13(12)17(22)25/h5-8,10-11,14H,9H2,1-4H3,(H2,20,21,23,27)/t11-,14-/m0/s1. The number of rotatable bonds is 6. The van der Waals surface area contributed by atoms with Gasteiger partial charge in [0.1, 0.15) is 6.04 Å². The second-order valence-corrected chi connectivity index (χ2v) is 6.82. The van der Waals surface area contributed by atoms with Crippen molar-refractivity contribution in [2.24, 2.45) is 5.92 Å². The summed E-state index contributed by atoms with van der Waals surface area (Å²) < 4.78 is 5.15. The lowest BCUT2D eigenvalue weighted by molar-refractivity contribution is -0.158. The van der Waals surface area contributed by atoms with Crippen LogP contribution in [0.3, 0.4) is 0 Å². The Labute approximate surface area is 162 Å². The minimum absolute atomic E-state index is 0.0307. The average molecular weight is 389 g/mol. The summed E-state index contributed by atoms with van der Waals surface area (Å²) in [6.45, 7) is 4.96. The molecule has 1 aromatic carbocycles. The number of amides is 5. The molecule has 0 fully saturated rings. The molecule has 150 valence electrons. The minimum atomic E-state index is -1.28. The highest BCUT2D eigenvalue weighted by Crippen LogP contribution is 2.27. The Kier molecular flexibility index (Phi) is 6.50. The predicted octanol–water partition coefficient (Wildman–Crippen LogP) is 1.08. The fourth-order valence-corrected chi connectivity index (χ4v) is 2.83. The summed E-state index contributed by atoms with van der Waals surface area (Å²) in [4.78, 5) is 62.2. The van der Waals surface area contributed by atoms with Gasteiger partial charge in [0, 0.05) is 7.05 Å². The number of fused-ring (bicyclic) bond motifs is 1. The molecule has 0 saturated carbocycles. The van der Waals surface area contributed by atoms with Gasteiger partial charge in [-0.15, -0.1) is 0 Å². The van der Waals surface area contributed by atoms with Crippen LogP contribution in [0.5, 0.6) is 0 Å². The Balaban J connectivity index is 2.21. The largest absolute Gasteiger partial charge is 0.451 e. The van der Waals surface area contributed by atoms with E-state index in [1.54, 1.807) is 12.1 Å². The lowest BCUT2D eigenvalue weighted by atomic mass is 10.0. The topological polar surface area (TPSA) is 122 Å². The summed E-state index contributed by atoms with van der Waals surface area (Å²) in [5.41, 5.74) is 0.443. The van der Waals surface area contributed by atoms with Crippen molar-refractivity contribution in [1.29, 1.82) is 0 Å². The van der Waals surface area contributed by atoms with Gasteiger partial charge in [0.15, 0.2) is 6.10 Å². The number of carbonyl (C=O) groups is 5. The third-order valence-electron chi connectivity index (χ3n) is 4.23. The average Bonchev–Trinajstić information content (AvgIpc) is 2.90. The minimum Gasteiger partial charge on any atom is -0.451 e. The fraction of sp³-hybridized carbons (Fsp3) is 0.421. The van der Waals surface area contributed by atoms with Crippen LogP contribution in [0, 0.1) is 5.92 Å². The Bertz CT molecular complexity index is 785. The molecule has 2 N–H and O–H groups in total. The molecule has 0 aromatic heterocycles. The van der Waals surface area contributed by atoms with E-state index in [2.05, 4.69) is 5.32 Å². The molecule has 0 bridgehead atoms. The van der Waals surface area contributed by atoms with Crippen molar-refractivity contribution in [1.82, 2.24) is 15.5 Å². The predicted molar refractivity (Wildman–Crippen MR) is 98.3 cm³/mol. The van der Waals surface area contributed by atoms with Gasteiger partial charge in [0.25, 0.3) is 17.7 Å². The third-order valence-corrected chi connectivity index (χ3v) is 4.23. The Morgan fingerprint density at radius 2 is 1.57 bits per heavy atom. The summed E-state index contributed by atoms with van der Waals surface area (Å²) in [5, 5.41) is 4.21. The second-order valence-electron chi connectivity index (χ2n) is 6.82. The summed E-state index contributed by atoms with van der Waals surface area (Å²) in [5.74, 6) is -2.89. The van der Waals surface area contributed by atoms with Crippen molar-refractivity contribution in [3.05, 3.63) is 35.4 Å². The highest BCUT2D eigenvalue weighted by atomic mass is 16.5. The number of hydrogen-bond donors (Lipinski definition) is 2. The number of urea groups is 1. The van der Waals surface area contributed by atoms with E-state index in [0.29, 0.717) is 0 Å². The molecule has 5 amide bonds. The first kappa shape index (κ1) is 21.1. The van der Waals surface area contributed by atoms with E-state index in [0.717, 1.165) is 4.90 Å². The maximum atomic E-state index is 12.7. The van der Waals surface area contributed by atoms with Crippen LogP contribution in [0.15, 0.2) is 24.3 Å². The number of esters is 1. The maximum Gasteiger partial charge on any atom is 0.330 e. The normalized spacial score (nSPS) is 15.1. The van der Waals surface area contributed by atoms with Gasteiger partial charge >= 0.3 is 12.0 Å². The molecule has 2 rings (SSSR count). The van der Waals surface area contributed by atoms with E-state index in [-0.39, 0.29) is 23.5 Å². The van der Waals surface area contributed by atoms with Gasteiger partial charge in [-0.25, -0.2) is 9.59 Å². The summed E-state index contributed by atoms with van der Waals surface area (Å²) in [7, 11) is 1.33. The first-order chi connectivity index (χ1) is 13.2. The number of ether oxygens (including phenoxy) is 1. The highest BCUT2D eigenvalue weighted by Gasteiger charge is 2.44. The van der Waals surface area contributed by atoms with E-state index in [9.17, 15) is 24.0 Å². The third kappa shape index (κ3) is 4.36. The van der Waals surface area contributed by atoms with Crippen molar-refractivity contribution in [2.75, 3.05) is 7.05 Å². The van der Waals surface area contributed by atoms with Crippen molar-refractivity contribution in [2.45, 2.75) is 39.3 Å². The Morgan fingerprint density at radius 3 is 2.04 bits per heavy atom. The van der Waals surface area contributed by atoms with Gasteiger partial charge in [0.2, 0.25) is 0 Å². The number of hydrogen-bond acceptors (Lipinski definition) is 6.